The highest BCUT2D eigenvalue weighted by atomic mass is 32.1. The minimum atomic E-state index is -2.44. The SMILES string of the molecule is COc1cc(C(=O)N2C(c3nccs3)C(F)(C(C)O)CC2(Cn2cccn2)C(=O)OC(C)(C)C)ccc1C(C)(C)C. The van der Waals surface area contributed by atoms with Crippen LogP contribution >= 0.6 is 11.3 Å². The number of likely N-dealkylation sites (tertiary alicyclic amines) is 1. The van der Waals surface area contributed by atoms with E-state index in [4.69, 9.17) is 9.47 Å². The number of thiazole rings is 1. The van der Waals surface area contributed by atoms with Crippen LogP contribution < -0.4 is 4.74 Å². The molecule has 1 N–H and O–H groups in total. The van der Waals surface area contributed by atoms with Gasteiger partial charge in [-0.15, -0.1) is 11.3 Å². The molecule has 1 aliphatic rings. The first-order chi connectivity index (χ1) is 19.0. The maximum atomic E-state index is 17.3. The number of carbonyl (C=O) groups is 2. The topological polar surface area (TPSA) is 107 Å². The van der Waals surface area contributed by atoms with Crippen molar-refractivity contribution in [3.63, 3.8) is 0 Å². The Morgan fingerprint density at radius 3 is 2.44 bits per heavy atom. The first-order valence-corrected chi connectivity index (χ1v) is 14.4. The summed E-state index contributed by atoms with van der Waals surface area (Å²) in [4.78, 5) is 34.5. The molecular formula is C30H39FN4O5S. The third-order valence-electron chi connectivity index (χ3n) is 7.35. The van der Waals surface area contributed by atoms with Crippen molar-refractivity contribution in [1.82, 2.24) is 19.7 Å². The molecule has 1 aromatic carbocycles. The standard InChI is InChI=1S/C30H39FN4O5S/c1-19(36)30(31)17-29(18-34-14-9-12-33-34,26(38)40-28(5,6)7)35(23(30)24-32-13-15-41-24)25(37)20-10-11-21(27(2,3)4)22(16-20)39-8/h9-16,19,23,36H,17-18H2,1-8H3. The molecule has 9 nitrogen and oxygen atoms in total. The Balaban J connectivity index is 2.00. The summed E-state index contributed by atoms with van der Waals surface area (Å²) in [6, 6.07) is 5.36. The molecule has 0 saturated carbocycles. The molecule has 3 aromatic rings. The van der Waals surface area contributed by atoms with Crippen LogP contribution in [0.1, 0.15) is 81.9 Å². The number of hydrogen-bond donors (Lipinski definition) is 1. The van der Waals surface area contributed by atoms with Gasteiger partial charge in [0.2, 0.25) is 0 Å². The number of ether oxygens (including phenoxy) is 2. The van der Waals surface area contributed by atoms with Crippen molar-refractivity contribution in [2.24, 2.45) is 0 Å². The Kier molecular flexibility index (Phi) is 8.09. The average Bonchev–Trinajstić information content (AvgIpc) is 3.62. The van der Waals surface area contributed by atoms with E-state index in [1.54, 1.807) is 56.6 Å². The number of carbonyl (C=O) groups excluding carboxylic acids is 2. The van der Waals surface area contributed by atoms with Crippen LogP contribution in [0.4, 0.5) is 4.39 Å². The third-order valence-corrected chi connectivity index (χ3v) is 8.18. The molecule has 11 heteroatoms. The Hall–Kier alpha value is -3.31. The van der Waals surface area contributed by atoms with E-state index in [1.807, 2.05) is 20.8 Å². The number of amides is 1. The van der Waals surface area contributed by atoms with Crippen molar-refractivity contribution in [1.29, 1.82) is 0 Å². The summed E-state index contributed by atoms with van der Waals surface area (Å²) in [7, 11) is 1.52. The van der Waals surface area contributed by atoms with Crippen molar-refractivity contribution >= 4 is 23.2 Å². The highest BCUT2D eigenvalue weighted by Crippen LogP contribution is 2.55. The molecule has 4 unspecified atom stereocenters. The maximum absolute atomic E-state index is 17.3. The zero-order valence-electron chi connectivity index (χ0n) is 24.8. The van der Waals surface area contributed by atoms with Crippen molar-refractivity contribution in [3.05, 3.63) is 64.4 Å². The van der Waals surface area contributed by atoms with Gasteiger partial charge in [0.1, 0.15) is 22.4 Å². The second kappa shape index (κ2) is 10.8. The molecule has 1 aliphatic heterocycles. The maximum Gasteiger partial charge on any atom is 0.334 e. The van der Waals surface area contributed by atoms with E-state index < -0.39 is 47.3 Å². The number of aliphatic hydroxyl groups is 1. The van der Waals surface area contributed by atoms with E-state index in [1.165, 1.54) is 36.0 Å². The van der Waals surface area contributed by atoms with Gasteiger partial charge in [0, 0.05) is 36.0 Å². The molecule has 0 radical (unpaired) electrons. The van der Waals surface area contributed by atoms with Gasteiger partial charge in [0.05, 0.1) is 19.8 Å². The minimum absolute atomic E-state index is 0.194. The monoisotopic (exact) mass is 586 g/mol. The molecule has 41 heavy (non-hydrogen) atoms. The van der Waals surface area contributed by atoms with Gasteiger partial charge in [-0.1, -0.05) is 26.8 Å². The number of nitrogens with zero attached hydrogens (tertiary/aromatic N) is 4. The van der Waals surface area contributed by atoms with Gasteiger partial charge in [-0.3, -0.25) is 9.48 Å². The van der Waals surface area contributed by atoms with Crippen LogP contribution in [0.2, 0.25) is 0 Å². The van der Waals surface area contributed by atoms with Crippen LogP contribution in [-0.4, -0.2) is 66.7 Å². The normalized spacial score (nSPS) is 23.9. The smallest absolute Gasteiger partial charge is 0.334 e. The minimum Gasteiger partial charge on any atom is -0.496 e. The van der Waals surface area contributed by atoms with Gasteiger partial charge in [0.15, 0.2) is 11.2 Å². The third kappa shape index (κ3) is 5.74. The fourth-order valence-corrected chi connectivity index (χ4v) is 6.26. The quantitative estimate of drug-likeness (QED) is 0.384. The summed E-state index contributed by atoms with van der Waals surface area (Å²) in [5.74, 6) is -0.929. The predicted octanol–water partition coefficient (Wildman–Crippen LogP) is 5.10. The lowest BCUT2D eigenvalue weighted by Crippen LogP contribution is -2.58. The van der Waals surface area contributed by atoms with Gasteiger partial charge >= 0.3 is 5.97 Å². The fourth-order valence-electron chi connectivity index (χ4n) is 5.45. The fraction of sp³-hybridized carbons (Fsp3) is 0.533. The largest absolute Gasteiger partial charge is 0.496 e. The van der Waals surface area contributed by atoms with Crippen LogP contribution in [0.15, 0.2) is 48.2 Å². The number of esters is 1. The van der Waals surface area contributed by atoms with Gasteiger partial charge in [0.25, 0.3) is 5.91 Å². The second-order valence-electron chi connectivity index (χ2n) is 12.6. The molecule has 222 valence electrons. The molecule has 4 rings (SSSR count). The number of benzene rings is 1. The van der Waals surface area contributed by atoms with Crippen molar-refractivity contribution in [2.75, 3.05) is 7.11 Å². The van der Waals surface area contributed by atoms with E-state index in [0.29, 0.717) is 5.75 Å². The summed E-state index contributed by atoms with van der Waals surface area (Å²) in [6.45, 7) is 12.3. The zero-order valence-corrected chi connectivity index (χ0v) is 25.7. The highest BCUT2D eigenvalue weighted by Gasteiger charge is 2.69. The van der Waals surface area contributed by atoms with E-state index >= 15 is 4.39 Å². The van der Waals surface area contributed by atoms with Crippen molar-refractivity contribution in [2.45, 2.75) is 95.8 Å². The number of rotatable bonds is 7. The summed E-state index contributed by atoms with van der Waals surface area (Å²) in [5.41, 5.74) is -4.46. The van der Waals surface area contributed by atoms with E-state index in [2.05, 4.69) is 10.1 Å². The van der Waals surface area contributed by atoms with Gasteiger partial charge in [-0.2, -0.15) is 5.10 Å². The molecule has 4 atom stereocenters. The number of alkyl halides is 1. The Morgan fingerprint density at radius 2 is 1.93 bits per heavy atom. The lowest BCUT2D eigenvalue weighted by Gasteiger charge is -2.40. The van der Waals surface area contributed by atoms with Crippen LogP contribution in [0.5, 0.6) is 5.75 Å². The zero-order chi connectivity index (χ0) is 30.4. The summed E-state index contributed by atoms with van der Waals surface area (Å²) < 4.78 is 30.3. The van der Waals surface area contributed by atoms with Crippen LogP contribution in [0.25, 0.3) is 0 Å². The molecular weight excluding hydrogens is 547 g/mol. The summed E-state index contributed by atoms with van der Waals surface area (Å²) in [5, 5.41) is 17.1. The number of aliphatic hydroxyl groups excluding tert-OH is 1. The Labute approximate surface area is 244 Å². The second-order valence-corrected chi connectivity index (χ2v) is 13.6. The average molecular weight is 587 g/mol. The summed E-state index contributed by atoms with van der Waals surface area (Å²) >= 11 is 1.15. The van der Waals surface area contributed by atoms with Crippen molar-refractivity contribution in [3.8, 4) is 5.75 Å². The molecule has 0 aliphatic carbocycles. The Morgan fingerprint density at radius 1 is 1.22 bits per heavy atom. The molecule has 3 heterocycles. The van der Waals surface area contributed by atoms with E-state index in [-0.39, 0.29) is 22.5 Å². The first-order valence-electron chi connectivity index (χ1n) is 13.5. The summed E-state index contributed by atoms with van der Waals surface area (Å²) in [6.07, 6.45) is 2.60. The van der Waals surface area contributed by atoms with Crippen LogP contribution in [-0.2, 0) is 21.5 Å². The molecule has 0 spiro atoms. The van der Waals surface area contributed by atoms with Gasteiger partial charge < -0.3 is 19.5 Å². The number of methoxy groups -OCH3 is 1. The number of aromatic nitrogens is 3. The van der Waals surface area contributed by atoms with Gasteiger partial charge in [-0.25, -0.2) is 14.2 Å². The lowest BCUT2D eigenvalue weighted by atomic mass is 9.85. The van der Waals surface area contributed by atoms with Crippen molar-refractivity contribution < 1.29 is 28.6 Å². The number of hydrogen-bond acceptors (Lipinski definition) is 8. The first kappa shape index (κ1) is 30.6. The molecule has 1 amide bonds. The number of halogens is 1. The van der Waals surface area contributed by atoms with Crippen LogP contribution in [0, 0.1) is 0 Å². The van der Waals surface area contributed by atoms with Gasteiger partial charge in [-0.05, 0) is 56.9 Å². The van der Waals surface area contributed by atoms with Crippen LogP contribution in [0.3, 0.4) is 0 Å². The lowest BCUT2D eigenvalue weighted by molar-refractivity contribution is -0.169. The highest BCUT2D eigenvalue weighted by molar-refractivity contribution is 7.09. The van der Waals surface area contributed by atoms with E-state index in [0.717, 1.165) is 16.9 Å². The Bertz CT molecular complexity index is 1380. The molecule has 1 saturated heterocycles. The predicted molar refractivity (Wildman–Crippen MR) is 154 cm³/mol. The molecule has 1 fully saturated rings. The molecule has 2 aromatic heterocycles. The molecule has 0 bridgehead atoms. The van der Waals surface area contributed by atoms with E-state index in [9.17, 15) is 14.7 Å².